The molecule has 92 valence electrons. The van der Waals surface area contributed by atoms with E-state index in [0.717, 1.165) is 22.6 Å². The first-order valence-corrected chi connectivity index (χ1v) is 6.05. The average Bonchev–Trinajstić information content (AvgIpc) is 3.03. The first kappa shape index (κ1) is 10.9. The Morgan fingerprint density at radius 2 is 2.06 bits per heavy atom. The molecule has 1 saturated carbocycles. The minimum Gasteiger partial charge on any atom is -0.454 e. The summed E-state index contributed by atoms with van der Waals surface area (Å²) in [6.45, 7) is 2.43. The number of ether oxygens (including phenoxy) is 2. The number of fused-ring (bicyclic) bond motifs is 1. The zero-order valence-electron chi connectivity index (χ0n) is 9.90. The number of aryl methyl sites for hydroxylation is 1. The lowest BCUT2D eigenvalue weighted by molar-refractivity contribution is 0.174. The first-order chi connectivity index (χ1) is 8.28. The molecule has 1 aliphatic heterocycles. The van der Waals surface area contributed by atoms with Crippen molar-refractivity contribution in [2.24, 2.45) is 0 Å². The molecule has 0 radical (unpaired) electrons. The van der Waals surface area contributed by atoms with E-state index in [2.05, 4.69) is 5.32 Å². The Bertz CT molecular complexity index is 429. The van der Waals surface area contributed by atoms with Crippen molar-refractivity contribution in [1.82, 2.24) is 5.32 Å². The smallest absolute Gasteiger partial charge is 0.231 e. The fraction of sp³-hybridized carbons (Fsp3) is 0.538. The number of benzene rings is 1. The molecule has 0 bridgehead atoms. The van der Waals surface area contributed by atoms with E-state index in [9.17, 15) is 5.11 Å². The maximum atomic E-state index is 9.49. The van der Waals surface area contributed by atoms with Gasteiger partial charge in [0.2, 0.25) is 6.79 Å². The van der Waals surface area contributed by atoms with Crippen LogP contribution in [0.2, 0.25) is 0 Å². The van der Waals surface area contributed by atoms with Crippen LogP contribution in [-0.4, -0.2) is 24.5 Å². The number of rotatable bonds is 4. The molecule has 17 heavy (non-hydrogen) atoms. The van der Waals surface area contributed by atoms with Gasteiger partial charge in [-0.25, -0.2) is 0 Å². The first-order valence-electron chi connectivity index (χ1n) is 6.05. The molecule has 2 N–H and O–H groups in total. The number of nitrogens with one attached hydrogen (secondary N) is 1. The molecule has 0 spiro atoms. The number of aliphatic hydroxyl groups excluding tert-OH is 1. The van der Waals surface area contributed by atoms with Crippen LogP contribution < -0.4 is 14.8 Å². The molecule has 1 fully saturated rings. The third-order valence-corrected chi connectivity index (χ3v) is 3.33. The van der Waals surface area contributed by atoms with E-state index in [1.54, 1.807) is 0 Å². The Morgan fingerprint density at radius 1 is 1.35 bits per heavy atom. The molecule has 1 unspecified atom stereocenters. The standard InChI is InChI=1S/C13H17NO3/c1-8-4-12-13(17-7-16-12)5-10(8)11(6-15)14-9-2-3-9/h4-5,9,11,14-15H,2-3,6-7H2,1H3. The minimum atomic E-state index is -0.00278. The van der Waals surface area contributed by atoms with Gasteiger partial charge in [-0.05, 0) is 43.0 Å². The predicted molar refractivity (Wildman–Crippen MR) is 63.3 cm³/mol. The average molecular weight is 235 g/mol. The largest absolute Gasteiger partial charge is 0.454 e. The molecule has 1 aromatic carbocycles. The molecule has 3 rings (SSSR count). The van der Waals surface area contributed by atoms with Crippen molar-refractivity contribution in [3.63, 3.8) is 0 Å². The highest BCUT2D eigenvalue weighted by Gasteiger charge is 2.27. The van der Waals surface area contributed by atoms with Gasteiger partial charge in [0.1, 0.15) is 0 Å². The summed E-state index contributed by atoms with van der Waals surface area (Å²) in [7, 11) is 0. The number of aliphatic hydroxyl groups is 1. The quantitative estimate of drug-likeness (QED) is 0.830. The lowest BCUT2D eigenvalue weighted by atomic mass is 10.0. The van der Waals surface area contributed by atoms with Crippen molar-refractivity contribution >= 4 is 0 Å². The Labute approximate surface area is 101 Å². The van der Waals surface area contributed by atoms with E-state index in [4.69, 9.17) is 9.47 Å². The van der Waals surface area contributed by atoms with Gasteiger partial charge in [0.05, 0.1) is 12.6 Å². The molecule has 0 amide bonds. The lowest BCUT2D eigenvalue weighted by Gasteiger charge is -2.19. The lowest BCUT2D eigenvalue weighted by Crippen LogP contribution is -2.26. The van der Waals surface area contributed by atoms with Crippen LogP contribution in [0.25, 0.3) is 0 Å². The summed E-state index contributed by atoms with van der Waals surface area (Å²) in [5, 5.41) is 12.9. The van der Waals surface area contributed by atoms with E-state index in [0.29, 0.717) is 6.04 Å². The highest BCUT2D eigenvalue weighted by molar-refractivity contribution is 5.49. The second kappa shape index (κ2) is 4.20. The molecule has 1 aromatic rings. The van der Waals surface area contributed by atoms with Gasteiger partial charge in [0.25, 0.3) is 0 Å². The molecule has 1 atom stereocenters. The van der Waals surface area contributed by atoms with Gasteiger partial charge in [-0.15, -0.1) is 0 Å². The molecule has 0 saturated heterocycles. The molecule has 4 nitrogen and oxygen atoms in total. The molecule has 4 heteroatoms. The van der Waals surface area contributed by atoms with Crippen molar-refractivity contribution in [3.8, 4) is 11.5 Å². The van der Waals surface area contributed by atoms with Crippen LogP contribution in [0.15, 0.2) is 12.1 Å². The van der Waals surface area contributed by atoms with Crippen LogP contribution >= 0.6 is 0 Å². The van der Waals surface area contributed by atoms with Crippen LogP contribution in [-0.2, 0) is 0 Å². The molecular formula is C13H17NO3. The highest BCUT2D eigenvalue weighted by atomic mass is 16.7. The second-order valence-electron chi connectivity index (χ2n) is 4.74. The van der Waals surface area contributed by atoms with Gasteiger partial charge in [-0.1, -0.05) is 0 Å². The summed E-state index contributed by atoms with van der Waals surface area (Å²) in [6, 6.07) is 4.53. The van der Waals surface area contributed by atoms with Crippen LogP contribution in [0.5, 0.6) is 11.5 Å². The molecular weight excluding hydrogens is 218 g/mol. The fourth-order valence-electron chi connectivity index (χ4n) is 2.21. The minimum absolute atomic E-state index is 0.00278. The van der Waals surface area contributed by atoms with Gasteiger partial charge in [-0.2, -0.15) is 0 Å². The maximum absolute atomic E-state index is 9.49. The monoisotopic (exact) mass is 235 g/mol. The topological polar surface area (TPSA) is 50.7 Å². The van der Waals surface area contributed by atoms with Gasteiger partial charge in [0.15, 0.2) is 11.5 Å². The SMILES string of the molecule is Cc1cc2c(cc1C(CO)NC1CC1)OCO2. The summed E-state index contributed by atoms with van der Waals surface area (Å²) in [5.74, 6) is 1.58. The predicted octanol–water partition coefficient (Wildman–Crippen LogP) is 1.51. The summed E-state index contributed by atoms with van der Waals surface area (Å²) >= 11 is 0. The fourth-order valence-corrected chi connectivity index (χ4v) is 2.21. The Hall–Kier alpha value is -1.26. The Balaban J connectivity index is 1.89. The third kappa shape index (κ3) is 2.10. The summed E-state index contributed by atoms with van der Waals surface area (Å²) in [5.41, 5.74) is 2.23. The van der Waals surface area contributed by atoms with Crippen molar-refractivity contribution in [1.29, 1.82) is 0 Å². The molecule has 1 heterocycles. The normalized spacial score (nSPS) is 19.4. The van der Waals surface area contributed by atoms with Crippen molar-refractivity contribution in [2.45, 2.75) is 31.8 Å². The molecule has 0 aromatic heterocycles. The van der Waals surface area contributed by atoms with Crippen LogP contribution in [0.3, 0.4) is 0 Å². The van der Waals surface area contributed by atoms with Gasteiger partial charge in [-0.3, -0.25) is 0 Å². The van der Waals surface area contributed by atoms with E-state index in [-0.39, 0.29) is 19.4 Å². The van der Waals surface area contributed by atoms with Crippen LogP contribution in [0.4, 0.5) is 0 Å². The van der Waals surface area contributed by atoms with Gasteiger partial charge < -0.3 is 19.9 Å². The highest BCUT2D eigenvalue weighted by Crippen LogP contribution is 2.37. The summed E-state index contributed by atoms with van der Waals surface area (Å²) < 4.78 is 10.7. The van der Waals surface area contributed by atoms with Crippen molar-refractivity contribution in [3.05, 3.63) is 23.3 Å². The van der Waals surface area contributed by atoms with Crippen LogP contribution in [0.1, 0.15) is 30.0 Å². The Kier molecular flexibility index (Phi) is 2.68. The van der Waals surface area contributed by atoms with Crippen molar-refractivity contribution < 1.29 is 14.6 Å². The van der Waals surface area contributed by atoms with Gasteiger partial charge in [0, 0.05) is 6.04 Å². The number of hydrogen-bond acceptors (Lipinski definition) is 4. The number of hydrogen-bond donors (Lipinski definition) is 2. The molecule has 2 aliphatic rings. The van der Waals surface area contributed by atoms with E-state index >= 15 is 0 Å². The maximum Gasteiger partial charge on any atom is 0.231 e. The van der Waals surface area contributed by atoms with E-state index < -0.39 is 0 Å². The van der Waals surface area contributed by atoms with Crippen molar-refractivity contribution in [2.75, 3.05) is 13.4 Å². The van der Waals surface area contributed by atoms with Gasteiger partial charge >= 0.3 is 0 Å². The summed E-state index contributed by atoms with van der Waals surface area (Å²) in [6.07, 6.45) is 2.42. The third-order valence-electron chi connectivity index (χ3n) is 3.33. The Morgan fingerprint density at radius 3 is 2.71 bits per heavy atom. The zero-order valence-corrected chi connectivity index (χ0v) is 9.90. The molecule has 1 aliphatic carbocycles. The van der Waals surface area contributed by atoms with E-state index in [1.807, 2.05) is 19.1 Å². The second-order valence-corrected chi connectivity index (χ2v) is 4.74. The summed E-state index contributed by atoms with van der Waals surface area (Å²) in [4.78, 5) is 0. The van der Waals surface area contributed by atoms with Crippen LogP contribution in [0, 0.1) is 6.92 Å². The van der Waals surface area contributed by atoms with E-state index in [1.165, 1.54) is 12.8 Å². The zero-order chi connectivity index (χ0) is 11.8.